The summed E-state index contributed by atoms with van der Waals surface area (Å²) in [5.41, 5.74) is -0.921. The van der Waals surface area contributed by atoms with Crippen molar-refractivity contribution in [1.82, 2.24) is 0 Å². The number of hydrogen-bond acceptors (Lipinski definition) is 3. The van der Waals surface area contributed by atoms with Crippen LogP contribution in [-0.2, 0) is 15.7 Å². The molecule has 0 saturated heterocycles. The van der Waals surface area contributed by atoms with Crippen LogP contribution in [0.15, 0.2) is 29.3 Å². The molecule has 1 aliphatic rings. The number of ether oxygens (including phenoxy) is 1. The van der Waals surface area contributed by atoms with E-state index in [1.54, 1.807) is 0 Å². The highest BCUT2D eigenvalue weighted by molar-refractivity contribution is 5.96. The number of aliphatic imine (C=N–C) groups is 1. The molecule has 0 radical (unpaired) electrons. The molecule has 1 unspecified atom stereocenters. The summed E-state index contributed by atoms with van der Waals surface area (Å²) in [5, 5.41) is 8.57. The third-order valence-corrected chi connectivity index (χ3v) is 2.86. The first-order valence-electron chi connectivity index (χ1n) is 5.97. The normalized spacial score (nSPS) is 18.6. The van der Waals surface area contributed by atoms with Gasteiger partial charge in [0.25, 0.3) is 0 Å². The molecule has 20 heavy (non-hydrogen) atoms. The maximum atomic E-state index is 12.9. The highest BCUT2D eigenvalue weighted by Gasteiger charge is 2.36. The van der Waals surface area contributed by atoms with Gasteiger partial charge in [-0.05, 0) is 18.6 Å². The Kier molecular flexibility index (Phi) is 3.96. The zero-order valence-corrected chi connectivity index (χ0v) is 10.4. The number of benzene rings is 1. The first kappa shape index (κ1) is 14.4. The molecule has 4 nitrogen and oxygen atoms in total. The Morgan fingerprint density at radius 2 is 2.10 bits per heavy atom. The van der Waals surface area contributed by atoms with Crippen molar-refractivity contribution in [1.29, 1.82) is 0 Å². The van der Waals surface area contributed by atoms with Crippen LogP contribution >= 0.6 is 0 Å². The van der Waals surface area contributed by atoms with Crippen molar-refractivity contribution < 1.29 is 27.8 Å². The molecule has 0 fully saturated rings. The van der Waals surface area contributed by atoms with Gasteiger partial charge < -0.3 is 9.84 Å². The molecule has 1 N–H and O–H groups in total. The molecule has 108 valence electrons. The van der Waals surface area contributed by atoms with Crippen LogP contribution < -0.4 is 0 Å². The minimum Gasteiger partial charge on any atom is -0.481 e. The van der Waals surface area contributed by atoms with Crippen LogP contribution in [0.5, 0.6) is 0 Å². The van der Waals surface area contributed by atoms with Crippen molar-refractivity contribution in [2.45, 2.75) is 25.1 Å². The van der Waals surface area contributed by atoms with Crippen molar-refractivity contribution in [3.63, 3.8) is 0 Å². The zero-order chi connectivity index (χ0) is 14.8. The van der Waals surface area contributed by atoms with Gasteiger partial charge in [0.05, 0.1) is 12.1 Å². The van der Waals surface area contributed by atoms with Crippen molar-refractivity contribution in [2.24, 2.45) is 4.99 Å². The summed E-state index contributed by atoms with van der Waals surface area (Å²) < 4.78 is 43.9. The van der Waals surface area contributed by atoms with E-state index in [4.69, 9.17) is 9.84 Å². The Labute approximate surface area is 112 Å². The monoisotopic (exact) mass is 287 g/mol. The van der Waals surface area contributed by atoms with Crippen LogP contribution in [0.1, 0.15) is 24.0 Å². The highest BCUT2D eigenvalue weighted by atomic mass is 19.4. The second-order valence-electron chi connectivity index (χ2n) is 4.36. The van der Waals surface area contributed by atoms with E-state index in [0.717, 1.165) is 6.07 Å². The van der Waals surface area contributed by atoms with E-state index in [2.05, 4.69) is 4.99 Å². The number of aliphatic carboxylic acids is 1. The smallest absolute Gasteiger partial charge is 0.417 e. The second kappa shape index (κ2) is 5.52. The van der Waals surface area contributed by atoms with Gasteiger partial charge in [-0.25, -0.2) is 4.99 Å². The summed E-state index contributed by atoms with van der Waals surface area (Å²) in [6.07, 6.45) is -4.85. The van der Waals surface area contributed by atoms with E-state index in [0.29, 0.717) is 0 Å². The van der Waals surface area contributed by atoms with E-state index in [1.807, 2.05) is 0 Å². The third kappa shape index (κ3) is 3.28. The average Bonchev–Trinajstić information content (AvgIpc) is 2.84. The minimum atomic E-state index is -4.48. The van der Waals surface area contributed by atoms with E-state index >= 15 is 0 Å². The molecule has 7 heteroatoms. The standard InChI is InChI=1S/C13H12F3NO3/c14-13(15,16)10-4-2-1-3-9(10)12-17-7-8(20-12)5-6-11(18)19/h1-4,8H,5-7H2,(H,18,19). The molecule has 0 aliphatic carbocycles. The number of carbonyl (C=O) groups is 1. The maximum Gasteiger partial charge on any atom is 0.417 e. The molecule has 1 aliphatic heterocycles. The second-order valence-corrected chi connectivity index (χ2v) is 4.36. The molecule has 0 bridgehead atoms. The molecule has 0 spiro atoms. The van der Waals surface area contributed by atoms with Gasteiger partial charge in [0.1, 0.15) is 6.10 Å². The maximum absolute atomic E-state index is 12.9. The molecule has 1 aromatic carbocycles. The van der Waals surface area contributed by atoms with Gasteiger partial charge in [-0.3, -0.25) is 4.79 Å². The fourth-order valence-corrected chi connectivity index (χ4v) is 1.92. The van der Waals surface area contributed by atoms with E-state index < -0.39 is 23.8 Å². The minimum absolute atomic E-state index is 0.0756. The molecule has 2 rings (SSSR count). The van der Waals surface area contributed by atoms with Gasteiger partial charge in [-0.15, -0.1) is 0 Å². The molecular weight excluding hydrogens is 275 g/mol. The zero-order valence-electron chi connectivity index (χ0n) is 10.4. The lowest BCUT2D eigenvalue weighted by molar-refractivity contribution is -0.138. The average molecular weight is 287 g/mol. The summed E-state index contributed by atoms with van der Waals surface area (Å²) in [4.78, 5) is 14.4. The largest absolute Gasteiger partial charge is 0.481 e. The molecule has 0 aromatic heterocycles. The Morgan fingerprint density at radius 3 is 2.75 bits per heavy atom. The van der Waals surface area contributed by atoms with Gasteiger partial charge in [-0.2, -0.15) is 13.2 Å². The van der Waals surface area contributed by atoms with Crippen LogP contribution in [-0.4, -0.2) is 29.6 Å². The first-order chi connectivity index (χ1) is 9.38. The van der Waals surface area contributed by atoms with Gasteiger partial charge >= 0.3 is 12.1 Å². The van der Waals surface area contributed by atoms with Crippen molar-refractivity contribution in [3.05, 3.63) is 35.4 Å². The topological polar surface area (TPSA) is 58.9 Å². The number of hydrogen-bond donors (Lipinski definition) is 1. The quantitative estimate of drug-likeness (QED) is 0.926. The molecule has 1 heterocycles. The predicted molar refractivity (Wildman–Crippen MR) is 64.6 cm³/mol. The summed E-state index contributed by atoms with van der Waals surface area (Å²) in [5.74, 6) is -1.05. The fraction of sp³-hybridized carbons (Fsp3) is 0.385. The van der Waals surface area contributed by atoms with Crippen LogP contribution in [0.2, 0.25) is 0 Å². The summed E-state index contributed by atoms with van der Waals surface area (Å²) in [6, 6.07) is 5.03. The molecular formula is C13H12F3NO3. The third-order valence-electron chi connectivity index (χ3n) is 2.86. The Balaban J connectivity index is 2.13. The Hall–Kier alpha value is -2.05. The number of rotatable bonds is 4. The highest BCUT2D eigenvalue weighted by Crippen LogP contribution is 2.33. The lowest BCUT2D eigenvalue weighted by atomic mass is 10.1. The van der Waals surface area contributed by atoms with E-state index in [1.165, 1.54) is 18.2 Å². The number of alkyl halides is 3. The van der Waals surface area contributed by atoms with Gasteiger partial charge in [-0.1, -0.05) is 12.1 Å². The van der Waals surface area contributed by atoms with E-state index in [-0.39, 0.29) is 30.8 Å². The van der Waals surface area contributed by atoms with Gasteiger partial charge in [0.2, 0.25) is 5.90 Å². The molecule has 1 atom stereocenters. The number of halogens is 3. The van der Waals surface area contributed by atoms with Crippen LogP contribution in [0.3, 0.4) is 0 Å². The summed E-state index contributed by atoms with van der Waals surface area (Å²) >= 11 is 0. The lowest BCUT2D eigenvalue weighted by Crippen LogP contribution is -2.18. The fourth-order valence-electron chi connectivity index (χ4n) is 1.92. The molecule has 0 saturated carbocycles. The Bertz CT molecular complexity index is 540. The Morgan fingerprint density at radius 1 is 1.40 bits per heavy atom. The van der Waals surface area contributed by atoms with E-state index in [9.17, 15) is 18.0 Å². The van der Waals surface area contributed by atoms with Crippen LogP contribution in [0, 0.1) is 0 Å². The molecule has 0 amide bonds. The van der Waals surface area contributed by atoms with Crippen molar-refractivity contribution in [3.8, 4) is 0 Å². The van der Waals surface area contributed by atoms with Crippen molar-refractivity contribution >= 4 is 11.9 Å². The summed E-state index contributed by atoms with van der Waals surface area (Å²) in [7, 11) is 0. The molecule has 1 aromatic rings. The van der Waals surface area contributed by atoms with Gasteiger partial charge in [0, 0.05) is 12.0 Å². The van der Waals surface area contributed by atoms with Gasteiger partial charge in [0.15, 0.2) is 0 Å². The number of carboxylic acid groups (broad SMARTS) is 1. The van der Waals surface area contributed by atoms with Crippen molar-refractivity contribution in [2.75, 3.05) is 6.54 Å². The summed E-state index contributed by atoms with van der Waals surface area (Å²) in [6.45, 7) is 0.175. The first-order valence-corrected chi connectivity index (χ1v) is 5.97. The number of nitrogens with zero attached hydrogens (tertiary/aromatic N) is 1. The predicted octanol–water partition coefficient (Wildman–Crippen LogP) is 2.72. The van der Waals surface area contributed by atoms with Crippen LogP contribution in [0.4, 0.5) is 13.2 Å². The lowest BCUT2D eigenvalue weighted by Gasteiger charge is -2.14. The number of carboxylic acids is 1. The van der Waals surface area contributed by atoms with Crippen LogP contribution in [0.25, 0.3) is 0 Å². The SMILES string of the molecule is O=C(O)CCC1CN=C(c2ccccc2C(F)(F)F)O1.